The number of hydrogen-bond acceptors (Lipinski definition) is 4. The molecular weight excluding hydrogens is 308 g/mol. The number of piperidine rings is 1. The first-order valence-corrected chi connectivity index (χ1v) is 8.29. The molecule has 1 aromatic carbocycles. The lowest BCUT2D eigenvalue weighted by Crippen LogP contribution is -2.21. The second-order valence-electron chi connectivity index (χ2n) is 5.76. The monoisotopic (exact) mass is 332 g/mol. The molecule has 124 valence electrons. The summed E-state index contributed by atoms with van der Waals surface area (Å²) in [5.41, 5.74) is 2.55. The van der Waals surface area contributed by atoms with Crippen molar-refractivity contribution >= 4 is 35.0 Å². The summed E-state index contributed by atoms with van der Waals surface area (Å²) in [6, 6.07) is 7.91. The topological polar surface area (TPSA) is 56.4 Å². The van der Waals surface area contributed by atoms with Gasteiger partial charge in [-0.25, -0.2) is 0 Å². The molecule has 0 bridgehead atoms. The minimum Gasteiger partial charge on any atom is -0.378 e. The average Bonchev–Trinajstić information content (AvgIpc) is 2.88. The zero-order chi connectivity index (χ0) is 16.7. The zero-order valence-corrected chi connectivity index (χ0v) is 14.5. The minimum atomic E-state index is -0.188. The fourth-order valence-electron chi connectivity index (χ4n) is 2.32. The van der Waals surface area contributed by atoms with E-state index in [0.717, 1.165) is 11.3 Å². The first-order chi connectivity index (χ1) is 11.1. The molecule has 23 heavy (non-hydrogen) atoms. The van der Waals surface area contributed by atoms with Gasteiger partial charge in [-0.15, -0.1) is 0 Å². The van der Waals surface area contributed by atoms with Crippen LogP contribution < -0.4 is 20.9 Å². The van der Waals surface area contributed by atoms with Crippen LogP contribution in [0.4, 0.5) is 5.69 Å². The van der Waals surface area contributed by atoms with Gasteiger partial charge in [0.05, 0.1) is 0 Å². The molecule has 0 aromatic heterocycles. The molecule has 0 aliphatic carbocycles. The summed E-state index contributed by atoms with van der Waals surface area (Å²) in [6.07, 6.45) is 5.99. The number of anilines is 1. The van der Waals surface area contributed by atoms with E-state index < -0.39 is 0 Å². The summed E-state index contributed by atoms with van der Waals surface area (Å²) in [5.74, 6) is -0.188. The smallest absolute Gasteiger partial charge is 0.273 e. The van der Waals surface area contributed by atoms with Crippen LogP contribution in [0.25, 0.3) is 6.08 Å². The molecule has 1 amide bonds. The summed E-state index contributed by atoms with van der Waals surface area (Å²) < 4.78 is 0. The van der Waals surface area contributed by atoms with Crippen molar-refractivity contribution in [1.29, 1.82) is 0 Å². The van der Waals surface area contributed by atoms with E-state index in [1.807, 2.05) is 43.3 Å². The Balaban J connectivity index is 0.000000268. The molecule has 2 saturated heterocycles. The van der Waals surface area contributed by atoms with Crippen molar-refractivity contribution in [2.75, 3.05) is 32.1 Å². The molecule has 2 heterocycles. The summed E-state index contributed by atoms with van der Waals surface area (Å²) in [4.78, 5) is 13.4. The van der Waals surface area contributed by atoms with E-state index in [9.17, 15) is 4.79 Å². The van der Waals surface area contributed by atoms with E-state index in [1.165, 1.54) is 32.4 Å². The number of carbonyl (C=O) groups excluding carboxylic acids is 1. The fraction of sp³-hybridized carbons (Fsp3) is 0.412. The predicted molar refractivity (Wildman–Crippen MR) is 99.3 cm³/mol. The second-order valence-corrected chi connectivity index (χ2v) is 6.17. The lowest BCUT2D eigenvalue weighted by atomic mass is 10.1. The molecule has 3 N–H and O–H groups in total. The van der Waals surface area contributed by atoms with Gasteiger partial charge in [-0.1, -0.05) is 18.6 Å². The van der Waals surface area contributed by atoms with Crippen LogP contribution in [0.5, 0.6) is 0 Å². The SMILES string of the molecule is C1CCNCC1.CN(C)c1ccc(/C=C2\NC(=S)NC2=O)cc1. The number of nitrogens with zero attached hydrogens (tertiary/aromatic N) is 1. The average molecular weight is 332 g/mol. The van der Waals surface area contributed by atoms with Crippen molar-refractivity contribution in [3.05, 3.63) is 35.5 Å². The van der Waals surface area contributed by atoms with Gasteiger partial charge >= 0.3 is 0 Å². The molecule has 0 atom stereocenters. The minimum absolute atomic E-state index is 0.188. The first-order valence-electron chi connectivity index (χ1n) is 7.88. The van der Waals surface area contributed by atoms with E-state index in [4.69, 9.17) is 12.2 Å². The Morgan fingerprint density at radius 3 is 2.09 bits per heavy atom. The quantitative estimate of drug-likeness (QED) is 0.570. The van der Waals surface area contributed by atoms with Crippen molar-refractivity contribution in [2.24, 2.45) is 0 Å². The number of nitrogens with one attached hydrogen (secondary N) is 3. The highest BCUT2D eigenvalue weighted by Gasteiger charge is 2.19. The number of benzene rings is 1. The van der Waals surface area contributed by atoms with Gasteiger partial charge in [0, 0.05) is 19.8 Å². The molecule has 0 unspecified atom stereocenters. The molecule has 0 saturated carbocycles. The normalized spacial score (nSPS) is 18.8. The van der Waals surface area contributed by atoms with Gasteiger partial charge in [-0.3, -0.25) is 10.1 Å². The van der Waals surface area contributed by atoms with Crippen molar-refractivity contribution in [3.8, 4) is 0 Å². The highest BCUT2D eigenvalue weighted by atomic mass is 32.1. The standard InChI is InChI=1S/C12H13N3OS.C5H11N/c1-15(2)9-5-3-8(4-6-9)7-10-11(16)14-12(17)13-10;1-2-4-6-5-3-1/h3-7H,1-2H3,(H2,13,14,16,17);6H,1-5H2/b10-7-;. The summed E-state index contributed by atoms with van der Waals surface area (Å²) in [6.45, 7) is 2.50. The third-order valence-electron chi connectivity index (χ3n) is 3.65. The molecular formula is C17H24N4OS. The molecule has 0 radical (unpaired) electrons. The Morgan fingerprint density at radius 1 is 1.04 bits per heavy atom. The van der Waals surface area contributed by atoms with Gasteiger partial charge in [-0.2, -0.15) is 0 Å². The van der Waals surface area contributed by atoms with Gasteiger partial charge < -0.3 is 15.5 Å². The third-order valence-corrected chi connectivity index (χ3v) is 3.85. The summed E-state index contributed by atoms with van der Waals surface area (Å²) in [5, 5.41) is 8.97. The van der Waals surface area contributed by atoms with Crippen molar-refractivity contribution in [2.45, 2.75) is 19.3 Å². The second kappa shape index (κ2) is 8.64. The third kappa shape index (κ3) is 5.65. The maximum absolute atomic E-state index is 11.4. The highest BCUT2D eigenvalue weighted by Crippen LogP contribution is 2.14. The Bertz CT molecular complexity index is 565. The molecule has 2 fully saturated rings. The largest absolute Gasteiger partial charge is 0.378 e. The van der Waals surface area contributed by atoms with Crippen LogP contribution in [0, 0.1) is 0 Å². The lowest BCUT2D eigenvalue weighted by molar-refractivity contribution is -0.115. The predicted octanol–water partition coefficient (Wildman–Crippen LogP) is 1.86. The van der Waals surface area contributed by atoms with E-state index in [2.05, 4.69) is 16.0 Å². The van der Waals surface area contributed by atoms with Crippen molar-refractivity contribution in [1.82, 2.24) is 16.0 Å². The Labute approximate surface area is 143 Å². The van der Waals surface area contributed by atoms with Crippen LogP contribution >= 0.6 is 12.2 Å². The van der Waals surface area contributed by atoms with Gasteiger partial charge in [0.25, 0.3) is 5.91 Å². The van der Waals surface area contributed by atoms with Crippen molar-refractivity contribution in [3.63, 3.8) is 0 Å². The van der Waals surface area contributed by atoms with Gasteiger partial charge in [0.1, 0.15) is 5.70 Å². The number of rotatable bonds is 2. The Morgan fingerprint density at radius 2 is 1.70 bits per heavy atom. The van der Waals surface area contributed by atoms with Crippen LogP contribution in [0.1, 0.15) is 24.8 Å². The number of thiocarbonyl (C=S) groups is 1. The number of hydrogen-bond donors (Lipinski definition) is 3. The van der Waals surface area contributed by atoms with Crippen LogP contribution in [0.15, 0.2) is 30.0 Å². The van der Waals surface area contributed by atoms with E-state index >= 15 is 0 Å². The molecule has 2 aliphatic rings. The van der Waals surface area contributed by atoms with Crippen LogP contribution in [0.2, 0.25) is 0 Å². The molecule has 5 nitrogen and oxygen atoms in total. The number of amides is 1. The summed E-state index contributed by atoms with van der Waals surface area (Å²) >= 11 is 4.85. The summed E-state index contributed by atoms with van der Waals surface area (Å²) in [7, 11) is 3.97. The van der Waals surface area contributed by atoms with Gasteiger partial charge in [-0.05, 0) is 61.9 Å². The van der Waals surface area contributed by atoms with E-state index in [1.54, 1.807) is 6.08 Å². The highest BCUT2D eigenvalue weighted by molar-refractivity contribution is 7.80. The first kappa shape index (κ1) is 17.4. The molecule has 1 aromatic rings. The van der Waals surface area contributed by atoms with Crippen LogP contribution in [-0.2, 0) is 4.79 Å². The lowest BCUT2D eigenvalue weighted by Gasteiger charge is -2.11. The molecule has 3 rings (SSSR count). The zero-order valence-electron chi connectivity index (χ0n) is 13.7. The van der Waals surface area contributed by atoms with Crippen molar-refractivity contribution < 1.29 is 4.79 Å². The molecule has 2 aliphatic heterocycles. The maximum atomic E-state index is 11.4. The van der Waals surface area contributed by atoms with Gasteiger partial charge in [0.2, 0.25) is 0 Å². The maximum Gasteiger partial charge on any atom is 0.273 e. The van der Waals surface area contributed by atoms with E-state index in [-0.39, 0.29) is 5.91 Å². The van der Waals surface area contributed by atoms with Crippen LogP contribution in [0.3, 0.4) is 0 Å². The Hall–Kier alpha value is -1.92. The molecule has 0 spiro atoms. The van der Waals surface area contributed by atoms with Gasteiger partial charge in [0.15, 0.2) is 5.11 Å². The van der Waals surface area contributed by atoms with E-state index in [0.29, 0.717) is 10.8 Å². The Kier molecular flexibility index (Phi) is 6.55. The van der Waals surface area contributed by atoms with Crippen LogP contribution in [-0.4, -0.2) is 38.2 Å². The number of carbonyl (C=O) groups is 1. The molecule has 6 heteroatoms. The fourth-order valence-corrected chi connectivity index (χ4v) is 2.52.